The van der Waals surface area contributed by atoms with Crippen molar-refractivity contribution < 1.29 is 0 Å². The van der Waals surface area contributed by atoms with Crippen LogP contribution in [0.1, 0.15) is 32.6 Å². The van der Waals surface area contributed by atoms with Gasteiger partial charge in [0.15, 0.2) is 0 Å². The summed E-state index contributed by atoms with van der Waals surface area (Å²) in [5, 5.41) is 3.54. The molecule has 1 aliphatic carbocycles. The zero-order chi connectivity index (χ0) is 10.2. The first kappa shape index (κ1) is 11.7. The van der Waals surface area contributed by atoms with E-state index in [9.17, 15) is 0 Å². The first-order valence-electron chi connectivity index (χ1n) is 5.93. The summed E-state index contributed by atoms with van der Waals surface area (Å²) in [5.41, 5.74) is 0. The lowest BCUT2D eigenvalue weighted by molar-refractivity contribution is 0.297. The molecule has 0 bridgehead atoms. The molecule has 0 unspecified atom stereocenters. The minimum atomic E-state index is 0.856. The van der Waals surface area contributed by atoms with E-state index in [-0.39, 0.29) is 0 Å². The van der Waals surface area contributed by atoms with E-state index >= 15 is 0 Å². The Morgan fingerprint density at radius 2 is 2.21 bits per heavy atom. The maximum atomic E-state index is 3.79. The average Bonchev–Trinajstić information content (AvgIpc) is 2.96. The van der Waals surface area contributed by atoms with Crippen molar-refractivity contribution in [3.8, 4) is 0 Å². The van der Waals surface area contributed by atoms with Gasteiger partial charge < -0.3 is 5.32 Å². The van der Waals surface area contributed by atoms with Crippen molar-refractivity contribution in [2.24, 2.45) is 0 Å². The van der Waals surface area contributed by atoms with E-state index in [1.807, 2.05) is 6.08 Å². The number of hydrogen-bond donors (Lipinski definition) is 1. The Morgan fingerprint density at radius 1 is 1.43 bits per heavy atom. The van der Waals surface area contributed by atoms with E-state index in [0.717, 1.165) is 12.6 Å². The van der Waals surface area contributed by atoms with E-state index < -0.39 is 0 Å². The lowest BCUT2D eigenvalue weighted by Gasteiger charge is -2.19. The maximum Gasteiger partial charge on any atom is 0.0160 e. The van der Waals surface area contributed by atoms with Crippen LogP contribution in [0.3, 0.4) is 0 Å². The summed E-state index contributed by atoms with van der Waals surface area (Å²) in [7, 11) is 0. The van der Waals surface area contributed by atoms with Crippen LogP contribution in [-0.4, -0.2) is 37.1 Å². The smallest absolute Gasteiger partial charge is 0.0160 e. The van der Waals surface area contributed by atoms with Crippen LogP contribution in [0.2, 0.25) is 0 Å². The molecule has 0 heterocycles. The summed E-state index contributed by atoms with van der Waals surface area (Å²) in [4.78, 5) is 2.47. The predicted octanol–water partition coefficient (Wildman–Crippen LogP) is 2.03. The molecule has 1 rings (SSSR count). The highest BCUT2D eigenvalue weighted by Crippen LogP contribution is 2.18. The van der Waals surface area contributed by atoms with Crippen molar-refractivity contribution in [1.82, 2.24) is 10.2 Å². The van der Waals surface area contributed by atoms with E-state index in [0.29, 0.717) is 0 Å². The van der Waals surface area contributed by atoms with Crippen LogP contribution in [0, 0.1) is 0 Å². The Balaban J connectivity index is 1.96. The van der Waals surface area contributed by atoms with Gasteiger partial charge in [0.05, 0.1) is 0 Å². The molecule has 0 radical (unpaired) electrons. The van der Waals surface area contributed by atoms with E-state index in [2.05, 4.69) is 23.7 Å². The first-order valence-corrected chi connectivity index (χ1v) is 5.93. The minimum Gasteiger partial charge on any atom is -0.314 e. The van der Waals surface area contributed by atoms with Crippen molar-refractivity contribution in [2.75, 3.05) is 26.2 Å². The SMILES string of the molecule is C=CCN(CCC)CCCNC1CC1. The van der Waals surface area contributed by atoms with Crippen molar-refractivity contribution in [2.45, 2.75) is 38.6 Å². The summed E-state index contributed by atoms with van der Waals surface area (Å²) in [5.74, 6) is 0. The van der Waals surface area contributed by atoms with Gasteiger partial charge in [-0.25, -0.2) is 0 Å². The van der Waals surface area contributed by atoms with Gasteiger partial charge in [0.25, 0.3) is 0 Å². The summed E-state index contributed by atoms with van der Waals surface area (Å²) in [6, 6.07) is 0.856. The van der Waals surface area contributed by atoms with Crippen LogP contribution in [0.4, 0.5) is 0 Å². The Morgan fingerprint density at radius 3 is 2.79 bits per heavy atom. The zero-order valence-corrected chi connectivity index (χ0v) is 9.47. The molecule has 0 amide bonds. The fourth-order valence-electron chi connectivity index (χ4n) is 1.69. The van der Waals surface area contributed by atoms with Gasteiger partial charge in [0, 0.05) is 12.6 Å². The molecule has 1 N–H and O–H groups in total. The Hall–Kier alpha value is -0.340. The van der Waals surface area contributed by atoms with Gasteiger partial charge in [-0.15, -0.1) is 6.58 Å². The fourth-order valence-corrected chi connectivity index (χ4v) is 1.69. The van der Waals surface area contributed by atoms with Crippen molar-refractivity contribution in [3.63, 3.8) is 0 Å². The molecule has 1 fully saturated rings. The Labute approximate surface area is 88.4 Å². The molecule has 0 aromatic heterocycles. The summed E-state index contributed by atoms with van der Waals surface area (Å²) in [6.07, 6.45) is 7.30. The van der Waals surface area contributed by atoms with Crippen molar-refractivity contribution >= 4 is 0 Å². The molecule has 0 aromatic carbocycles. The van der Waals surface area contributed by atoms with Crippen LogP contribution >= 0.6 is 0 Å². The topological polar surface area (TPSA) is 15.3 Å². The fraction of sp³-hybridized carbons (Fsp3) is 0.833. The zero-order valence-electron chi connectivity index (χ0n) is 9.47. The second-order valence-electron chi connectivity index (χ2n) is 4.17. The highest BCUT2D eigenvalue weighted by atomic mass is 15.1. The summed E-state index contributed by atoms with van der Waals surface area (Å²) in [6.45, 7) is 10.7. The standard InChI is InChI=1S/C12H24N2/c1-3-9-14(10-4-2)11-5-8-13-12-6-7-12/h3,12-13H,1,4-11H2,2H3. The molecule has 0 aromatic rings. The predicted molar refractivity (Wildman–Crippen MR) is 62.6 cm³/mol. The van der Waals surface area contributed by atoms with E-state index in [1.54, 1.807) is 0 Å². The summed E-state index contributed by atoms with van der Waals surface area (Å²) >= 11 is 0. The van der Waals surface area contributed by atoms with Crippen LogP contribution in [0.25, 0.3) is 0 Å². The monoisotopic (exact) mass is 196 g/mol. The minimum absolute atomic E-state index is 0.856. The van der Waals surface area contributed by atoms with Gasteiger partial charge in [0.2, 0.25) is 0 Å². The largest absolute Gasteiger partial charge is 0.314 e. The molecule has 14 heavy (non-hydrogen) atoms. The Bertz CT molecular complexity index is 152. The van der Waals surface area contributed by atoms with Gasteiger partial charge in [0.1, 0.15) is 0 Å². The molecular formula is C12H24N2. The molecule has 0 aliphatic heterocycles. The molecule has 2 heteroatoms. The molecule has 2 nitrogen and oxygen atoms in total. The second-order valence-corrected chi connectivity index (χ2v) is 4.17. The third kappa shape index (κ3) is 5.40. The molecule has 0 atom stereocenters. The number of rotatable bonds is 9. The number of nitrogens with one attached hydrogen (secondary N) is 1. The van der Waals surface area contributed by atoms with Crippen LogP contribution < -0.4 is 5.32 Å². The van der Waals surface area contributed by atoms with Gasteiger partial charge in [-0.2, -0.15) is 0 Å². The maximum absolute atomic E-state index is 3.79. The number of nitrogens with zero attached hydrogens (tertiary/aromatic N) is 1. The van der Waals surface area contributed by atoms with Gasteiger partial charge in [-0.05, 0) is 45.3 Å². The molecule has 0 saturated heterocycles. The van der Waals surface area contributed by atoms with Gasteiger partial charge in [-0.3, -0.25) is 4.90 Å². The van der Waals surface area contributed by atoms with Crippen LogP contribution in [-0.2, 0) is 0 Å². The first-order chi connectivity index (χ1) is 6.86. The third-order valence-corrected chi connectivity index (χ3v) is 2.59. The molecular weight excluding hydrogens is 172 g/mol. The lowest BCUT2D eigenvalue weighted by atomic mass is 10.3. The molecule has 0 spiro atoms. The second kappa shape index (κ2) is 7.02. The van der Waals surface area contributed by atoms with Gasteiger partial charge in [-0.1, -0.05) is 13.0 Å². The van der Waals surface area contributed by atoms with Gasteiger partial charge >= 0.3 is 0 Å². The normalized spacial score (nSPS) is 16.1. The highest BCUT2D eigenvalue weighted by Gasteiger charge is 2.19. The van der Waals surface area contributed by atoms with E-state index in [1.165, 1.54) is 45.3 Å². The summed E-state index contributed by atoms with van der Waals surface area (Å²) < 4.78 is 0. The average molecular weight is 196 g/mol. The molecule has 1 saturated carbocycles. The van der Waals surface area contributed by atoms with Crippen LogP contribution in [0.5, 0.6) is 0 Å². The quantitative estimate of drug-likeness (QED) is 0.448. The lowest BCUT2D eigenvalue weighted by Crippen LogP contribution is -2.29. The van der Waals surface area contributed by atoms with Crippen molar-refractivity contribution in [1.29, 1.82) is 0 Å². The van der Waals surface area contributed by atoms with Crippen LogP contribution in [0.15, 0.2) is 12.7 Å². The molecule has 82 valence electrons. The van der Waals surface area contributed by atoms with Crippen molar-refractivity contribution in [3.05, 3.63) is 12.7 Å². The molecule has 1 aliphatic rings. The third-order valence-electron chi connectivity index (χ3n) is 2.59. The van der Waals surface area contributed by atoms with E-state index in [4.69, 9.17) is 0 Å². The number of hydrogen-bond acceptors (Lipinski definition) is 2. The Kier molecular flexibility index (Phi) is 5.88. The highest BCUT2D eigenvalue weighted by molar-refractivity contribution is 4.81.